The van der Waals surface area contributed by atoms with Crippen LogP contribution in [0.1, 0.15) is 43.5 Å². The number of para-hydroxylation sites is 1. The van der Waals surface area contributed by atoms with Crippen LogP contribution in [0.2, 0.25) is 0 Å². The van der Waals surface area contributed by atoms with E-state index in [-0.39, 0.29) is 23.2 Å². The number of carbonyl (C=O) groups is 1. The Morgan fingerprint density at radius 1 is 1.50 bits per heavy atom. The first kappa shape index (κ1) is 14.4. The maximum atomic E-state index is 13.4. The number of nitrogen functional groups attached to an aromatic ring is 1. The van der Waals surface area contributed by atoms with Crippen molar-refractivity contribution in [3.8, 4) is 0 Å². The number of amides is 1. The third kappa shape index (κ3) is 3.70. The van der Waals surface area contributed by atoms with Gasteiger partial charge < -0.3 is 10.7 Å². The fourth-order valence-corrected chi connectivity index (χ4v) is 1.74. The monoisotopic (exact) mass is 253 g/mol. The van der Waals surface area contributed by atoms with Gasteiger partial charge in [-0.05, 0) is 25.5 Å². The van der Waals surface area contributed by atoms with Gasteiger partial charge in [-0.3, -0.25) is 10.6 Å². The number of hydrogen-bond donors (Lipinski definition) is 3. The molecule has 4 N–H and O–H groups in total. The number of anilines is 1. The third-order valence-corrected chi connectivity index (χ3v) is 2.77. The van der Waals surface area contributed by atoms with Crippen LogP contribution < -0.4 is 16.6 Å². The molecule has 4 nitrogen and oxygen atoms in total. The van der Waals surface area contributed by atoms with Crippen LogP contribution >= 0.6 is 0 Å². The van der Waals surface area contributed by atoms with E-state index in [9.17, 15) is 9.18 Å². The zero-order valence-corrected chi connectivity index (χ0v) is 10.8. The number of rotatable bonds is 6. The Labute approximate surface area is 107 Å². The average Bonchev–Trinajstić information content (AvgIpc) is 2.35. The molecule has 1 atom stereocenters. The van der Waals surface area contributed by atoms with Crippen LogP contribution in [-0.2, 0) is 0 Å². The summed E-state index contributed by atoms with van der Waals surface area (Å²) in [6.07, 6.45) is 3.03. The van der Waals surface area contributed by atoms with E-state index >= 15 is 0 Å². The Balaban J connectivity index is 2.75. The van der Waals surface area contributed by atoms with Gasteiger partial charge in [-0.2, -0.15) is 0 Å². The van der Waals surface area contributed by atoms with Gasteiger partial charge in [0, 0.05) is 6.04 Å². The number of carbonyl (C=O) groups excluding carboxylic acids is 1. The molecule has 1 aromatic rings. The van der Waals surface area contributed by atoms with Crippen LogP contribution in [-0.4, -0.2) is 11.9 Å². The fourth-order valence-electron chi connectivity index (χ4n) is 1.74. The molecule has 0 aliphatic carbocycles. The first-order valence-corrected chi connectivity index (χ1v) is 6.16. The predicted molar refractivity (Wildman–Crippen MR) is 70.7 cm³/mol. The third-order valence-electron chi connectivity index (χ3n) is 2.77. The highest BCUT2D eigenvalue weighted by Gasteiger charge is 2.15. The molecule has 1 rings (SSSR count). The predicted octanol–water partition coefficient (Wildman–Crippen LogP) is 2.42. The topological polar surface area (TPSA) is 67.2 Å². The standard InChI is InChI=1S/C13H20FN3O/c1-3-4-6-9(2)16-13(18)10-7-5-8-11(14)12(10)17-15/h5,7-9,17H,3-4,6,15H2,1-2H3,(H,16,18). The quantitative estimate of drug-likeness (QED) is 0.539. The van der Waals surface area contributed by atoms with Gasteiger partial charge in [-0.15, -0.1) is 0 Å². The molecule has 5 heteroatoms. The lowest BCUT2D eigenvalue weighted by Gasteiger charge is -2.15. The van der Waals surface area contributed by atoms with Crippen LogP contribution in [0.4, 0.5) is 10.1 Å². The van der Waals surface area contributed by atoms with Crippen molar-refractivity contribution in [3.63, 3.8) is 0 Å². The van der Waals surface area contributed by atoms with Gasteiger partial charge in [-0.25, -0.2) is 4.39 Å². The molecular formula is C13H20FN3O. The smallest absolute Gasteiger partial charge is 0.253 e. The van der Waals surface area contributed by atoms with Crippen molar-refractivity contribution in [2.45, 2.75) is 39.2 Å². The molecule has 1 amide bonds. The summed E-state index contributed by atoms with van der Waals surface area (Å²) in [4.78, 5) is 12.0. The highest BCUT2D eigenvalue weighted by molar-refractivity contribution is 5.99. The van der Waals surface area contributed by atoms with Crippen molar-refractivity contribution in [1.29, 1.82) is 0 Å². The fraction of sp³-hybridized carbons (Fsp3) is 0.462. The first-order valence-electron chi connectivity index (χ1n) is 6.16. The zero-order chi connectivity index (χ0) is 13.5. The minimum atomic E-state index is -0.536. The molecule has 1 aromatic carbocycles. The first-order chi connectivity index (χ1) is 8.60. The lowest BCUT2D eigenvalue weighted by atomic mass is 10.1. The van der Waals surface area contributed by atoms with Crippen LogP contribution in [0.5, 0.6) is 0 Å². The maximum Gasteiger partial charge on any atom is 0.253 e. The van der Waals surface area contributed by atoms with E-state index in [1.54, 1.807) is 6.07 Å². The average molecular weight is 253 g/mol. The normalized spacial score (nSPS) is 12.0. The second-order valence-corrected chi connectivity index (χ2v) is 4.32. The molecule has 0 bridgehead atoms. The van der Waals surface area contributed by atoms with Crippen molar-refractivity contribution >= 4 is 11.6 Å². The Bertz CT molecular complexity index is 409. The molecule has 0 spiro atoms. The van der Waals surface area contributed by atoms with Crippen molar-refractivity contribution in [1.82, 2.24) is 5.32 Å². The van der Waals surface area contributed by atoms with Crippen molar-refractivity contribution in [2.24, 2.45) is 5.84 Å². The van der Waals surface area contributed by atoms with Crippen molar-refractivity contribution in [2.75, 3.05) is 5.43 Å². The minimum Gasteiger partial charge on any atom is -0.350 e. The highest BCUT2D eigenvalue weighted by Crippen LogP contribution is 2.18. The van der Waals surface area contributed by atoms with E-state index in [2.05, 4.69) is 17.7 Å². The Morgan fingerprint density at radius 3 is 2.83 bits per heavy atom. The van der Waals surface area contributed by atoms with Crippen molar-refractivity contribution in [3.05, 3.63) is 29.6 Å². The molecule has 0 aliphatic rings. The van der Waals surface area contributed by atoms with Crippen LogP contribution in [0.15, 0.2) is 18.2 Å². The van der Waals surface area contributed by atoms with Gasteiger partial charge in [0.15, 0.2) is 0 Å². The number of nitrogens with two attached hydrogens (primary N) is 1. The van der Waals surface area contributed by atoms with E-state index in [1.807, 2.05) is 6.92 Å². The van der Waals surface area contributed by atoms with Crippen LogP contribution in [0, 0.1) is 5.82 Å². The van der Waals surface area contributed by atoms with E-state index < -0.39 is 5.82 Å². The van der Waals surface area contributed by atoms with Gasteiger partial charge in [0.25, 0.3) is 5.91 Å². The summed E-state index contributed by atoms with van der Waals surface area (Å²) in [7, 11) is 0. The summed E-state index contributed by atoms with van der Waals surface area (Å²) in [6.45, 7) is 4.03. The minimum absolute atomic E-state index is 0.0256. The molecule has 0 radical (unpaired) electrons. The zero-order valence-electron chi connectivity index (χ0n) is 10.8. The number of benzene rings is 1. The van der Waals surface area contributed by atoms with Crippen molar-refractivity contribution < 1.29 is 9.18 Å². The number of hydrazine groups is 1. The number of nitrogens with one attached hydrogen (secondary N) is 2. The van der Waals surface area contributed by atoms with Gasteiger partial charge >= 0.3 is 0 Å². The molecular weight excluding hydrogens is 233 g/mol. The number of halogens is 1. The van der Waals surface area contributed by atoms with Gasteiger partial charge in [0.2, 0.25) is 0 Å². The summed E-state index contributed by atoms with van der Waals surface area (Å²) in [6, 6.07) is 4.35. The lowest BCUT2D eigenvalue weighted by molar-refractivity contribution is 0.0938. The van der Waals surface area contributed by atoms with E-state index in [0.717, 1.165) is 19.3 Å². The van der Waals surface area contributed by atoms with E-state index in [4.69, 9.17) is 5.84 Å². The Morgan fingerprint density at radius 2 is 2.22 bits per heavy atom. The van der Waals surface area contributed by atoms with E-state index in [1.165, 1.54) is 12.1 Å². The second-order valence-electron chi connectivity index (χ2n) is 4.32. The molecule has 0 saturated heterocycles. The number of unbranched alkanes of at least 4 members (excludes halogenated alkanes) is 1. The maximum absolute atomic E-state index is 13.4. The summed E-state index contributed by atoms with van der Waals surface area (Å²) in [5.74, 6) is 4.38. The number of hydrogen-bond acceptors (Lipinski definition) is 3. The van der Waals surface area contributed by atoms with Gasteiger partial charge in [0.1, 0.15) is 5.82 Å². The second kappa shape index (κ2) is 6.96. The molecule has 0 aromatic heterocycles. The molecule has 0 fully saturated rings. The Hall–Kier alpha value is -1.62. The SMILES string of the molecule is CCCCC(C)NC(=O)c1cccc(F)c1NN. The lowest BCUT2D eigenvalue weighted by Crippen LogP contribution is -2.33. The summed E-state index contributed by atoms with van der Waals surface area (Å²) < 4.78 is 13.4. The molecule has 100 valence electrons. The summed E-state index contributed by atoms with van der Waals surface area (Å²) in [5, 5.41) is 2.83. The van der Waals surface area contributed by atoms with E-state index in [0.29, 0.717) is 0 Å². The van der Waals surface area contributed by atoms with Crippen LogP contribution in [0.3, 0.4) is 0 Å². The molecule has 0 heterocycles. The molecule has 1 unspecified atom stereocenters. The van der Waals surface area contributed by atoms with Gasteiger partial charge in [0.05, 0.1) is 11.3 Å². The largest absolute Gasteiger partial charge is 0.350 e. The molecule has 18 heavy (non-hydrogen) atoms. The Kier molecular flexibility index (Phi) is 5.58. The highest BCUT2D eigenvalue weighted by atomic mass is 19.1. The summed E-state index contributed by atoms with van der Waals surface area (Å²) >= 11 is 0. The van der Waals surface area contributed by atoms with Gasteiger partial charge in [-0.1, -0.05) is 25.8 Å². The molecule has 0 aliphatic heterocycles. The summed E-state index contributed by atoms with van der Waals surface area (Å²) in [5.41, 5.74) is 2.47. The van der Waals surface area contributed by atoms with Crippen LogP contribution in [0.25, 0.3) is 0 Å². The molecule has 0 saturated carbocycles.